The highest BCUT2D eigenvalue weighted by molar-refractivity contribution is 14.0. The van der Waals surface area contributed by atoms with Crippen LogP contribution >= 0.6 is 35.3 Å². The van der Waals surface area contributed by atoms with Gasteiger partial charge in [-0.15, -0.1) is 35.3 Å². The van der Waals surface area contributed by atoms with Gasteiger partial charge < -0.3 is 19.9 Å². The molecule has 2 aliphatic heterocycles. The van der Waals surface area contributed by atoms with E-state index < -0.39 is 0 Å². The zero-order valence-corrected chi connectivity index (χ0v) is 20.7. The number of esters is 1. The third-order valence-electron chi connectivity index (χ3n) is 5.30. The number of nitrogens with one attached hydrogen (secondary N) is 1. The quantitative estimate of drug-likeness (QED) is 0.251. The first-order valence-corrected chi connectivity index (χ1v) is 11.5. The smallest absolute Gasteiger partial charge is 0.309 e. The lowest BCUT2D eigenvalue weighted by Crippen LogP contribution is -2.46. The van der Waals surface area contributed by atoms with Crippen LogP contribution in [0, 0.1) is 5.92 Å². The van der Waals surface area contributed by atoms with Gasteiger partial charge >= 0.3 is 5.97 Å². The molecular weight excluding hydrogens is 501 g/mol. The normalized spacial score (nSPS) is 17.9. The standard InChI is InChI=1S/C20H33N5O2S.HI/c1-3-21-19(24-13-8-16(9-14-24)18(26)27-4-2)22-10-7-17-15-28-20(23-17)25-11-5-6-12-25;/h15-16H,3-14H2,1-2H3,(H,21,22);1H. The maximum absolute atomic E-state index is 11.9. The summed E-state index contributed by atoms with van der Waals surface area (Å²) in [6.45, 7) is 9.92. The Labute approximate surface area is 195 Å². The predicted octanol–water partition coefficient (Wildman–Crippen LogP) is 3.14. The summed E-state index contributed by atoms with van der Waals surface area (Å²) in [6.07, 6.45) is 5.07. The van der Waals surface area contributed by atoms with Gasteiger partial charge in [-0.2, -0.15) is 0 Å². The summed E-state index contributed by atoms with van der Waals surface area (Å²) in [4.78, 5) is 26.2. The van der Waals surface area contributed by atoms with Crippen LogP contribution < -0.4 is 10.2 Å². The Morgan fingerprint density at radius 2 is 2.00 bits per heavy atom. The van der Waals surface area contributed by atoms with Gasteiger partial charge in [0.15, 0.2) is 11.1 Å². The zero-order valence-electron chi connectivity index (χ0n) is 17.6. The van der Waals surface area contributed by atoms with Crippen LogP contribution in [0.25, 0.3) is 0 Å². The highest BCUT2D eigenvalue weighted by atomic mass is 127. The molecule has 0 bridgehead atoms. The minimum absolute atomic E-state index is 0. The Morgan fingerprint density at radius 3 is 2.66 bits per heavy atom. The van der Waals surface area contributed by atoms with Gasteiger partial charge in [-0.3, -0.25) is 9.79 Å². The number of carbonyl (C=O) groups excluding carboxylic acids is 1. The molecule has 1 aromatic rings. The number of ether oxygens (including phenoxy) is 1. The van der Waals surface area contributed by atoms with Gasteiger partial charge in [0.25, 0.3) is 0 Å². The number of thiazole rings is 1. The van der Waals surface area contributed by atoms with Crippen molar-refractivity contribution < 1.29 is 9.53 Å². The highest BCUT2D eigenvalue weighted by Crippen LogP contribution is 2.24. The monoisotopic (exact) mass is 535 g/mol. The molecule has 2 fully saturated rings. The topological polar surface area (TPSA) is 70.1 Å². The molecule has 3 heterocycles. The molecule has 1 aromatic heterocycles. The number of likely N-dealkylation sites (tertiary alicyclic amines) is 1. The minimum atomic E-state index is -0.0542. The number of rotatable bonds is 7. The molecule has 1 N–H and O–H groups in total. The number of piperidine rings is 1. The van der Waals surface area contributed by atoms with Crippen molar-refractivity contribution in [3.63, 3.8) is 0 Å². The molecule has 7 nitrogen and oxygen atoms in total. The molecule has 0 radical (unpaired) electrons. The third kappa shape index (κ3) is 6.97. The number of guanidine groups is 1. The SMILES string of the molecule is CCNC(=NCCc1csc(N2CCCC2)n1)N1CCC(C(=O)OCC)CC1.I. The van der Waals surface area contributed by atoms with E-state index in [1.54, 1.807) is 11.3 Å². The Morgan fingerprint density at radius 1 is 1.28 bits per heavy atom. The van der Waals surface area contributed by atoms with Crippen LogP contribution in [-0.4, -0.2) is 67.7 Å². The number of halogens is 1. The van der Waals surface area contributed by atoms with E-state index in [1.165, 1.54) is 12.8 Å². The highest BCUT2D eigenvalue weighted by Gasteiger charge is 2.27. The van der Waals surface area contributed by atoms with E-state index >= 15 is 0 Å². The van der Waals surface area contributed by atoms with E-state index in [1.807, 2.05) is 6.92 Å². The maximum atomic E-state index is 11.9. The van der Waals surface area contributed by atoms with Crippen molar-refractivity contribution in [1.29, 1.82) is 0 Å². The summed E-state index contributed by atoms with van der Waals surface area (Å²) in [7, 11) is 0. The van der Waals surface area contributed by atoms with Crippen molar-refractivity contribution in [2.24, 2.45) is 10.9 Å². The molecule has 29 heavy (non-hydrogen) atoms. The molecule has 0 saturated carbocycles. The van der Waals surface area contributed by atoms with E-state index in [2.05, 4.69) is 27.4 Å². The van der Waals surface area contributed by atoms with Crippen LogP contribution in [0.15, 0.2) is 10.4 Å². The lowest BCUT2D eigenvalue weighted by Gasteiger charge is -2.33. The minimum Gasteiger partial charge on any atom is -0.466 e. The van der Waals surface area contributed by atoms with Gasteiger partial charge in [-0.05, 0) is 39.5 Å². The van der Waals surface area contributed by atoms with Crippen LogP contribution in [0.2, 0.25) is 0 Å². The summed E-state index contributed by atoms with van der Waals surface area (Å²) >= 11 is 1.75. The van der Waals surface area contributed by atoms with E-state index in [4.69, 9.17) is 14.7 Å². The molecule has 0 unspecified atom stereocenters. The second-order valence-corrected chi connectivity index (χ2v) is 8.15. The maximum Gasteiger partial charge on any atom is 0.309 e. The molecular formula is C20H34IN5O2S. The number of carbonyl (C=O) groups is 1. The molecule has 9 heteroatoms. The average Bonchev–Trinajstić information content (AvgIpc) is 3.39. The van der Waals surface area contributed by atoms with Gasteiger partial charge in [0.2, 0.25) is 0 Å². The van der Waals surface area contributed by atoms with Gasteiger partial charge in [-0.1, -0.05) is 0 Å². The first-order chi connectivity index (χ1) is 13.7. The number of aromatic nitrogens is 1. The molecule has 2 saturated heterocycles. The molecule has 0 aromatic carbocycles. The van der Waals surface area contributed by atoms with Gasteiger partial charge in [-0.25, -0.2) is 4.98 Å². The lowest BCUT2D eigenvalue weighted by atomic mass is 9.97. The van der Waals surface area contributed by atoms with Crippen molar-refractivity contribution in [2.45, 2.75) is 46.0 Å². The Kier molecular flexibility index (Phi) is 10.5. The van der Waals surface area contributed by atoms with E-state index in [-0.39, 0.29) is 35.9 Å². The van der Waals surface area contributed by atoms with Crippen molar-refractivity contribution in [3.05, 3.63) is 11.1 Å². The second-order valence-electron chi connectivity index (χ2n) is 7.31. The van der Waals surface area contributed by atoms with Crippen LogP contribution in [0.5, 0.6) is 0 Å². The number of hydrogen-bond acceptors (Lipinski definition) is 6. The summed E-state index contributed by atoms with van der Waals surface area (Å²) in [5.74, 6) is 0.916. The van der Waals surface area contributed by atoms with Crippen LogP contribution in [0.4, 0.5) is 5.13 Å². The summed E-state index contributed by atoms with van der Waals surface area (Å²) in [5, 5.41) is 6.72. The fourth-order valence-corrected chi connectivity index (χ4v) is 4.67. The van der Waals surface area contributed by atoms with E-state index in [9.17, 15) is 4.79 Å². The molecule has 0 atom stereocenters. The third-order valence-corrected chi connectivity index (χ3v) is 6.25. The van der Waals surface area contributed by atoms with Gasteiger partial charge in [0.05, 0.1) is 18.2 Å². The number of anilines is 1. The molecule has 0 spiro atoms. The number of aliphatic imine (C=N–C) groups is 1. The number of nitrogens with zero attached hydrogens (tertiary/aromatic N) is 4. The molecule has 3 rings (SSSR count). The molecule has 164 valence electrons. The van der Waals surface area contributed by atoms with Gasteiger partial charge in [0, 0.05) is 51.1 Å². The van der Waals surface area contributed by atoms with Crippen molar-refractivity contribution in [1.82, 2.24) is 15.2 Å². The summed E-state index contributed by atoms with van der Waals surface area (Å²) < 4.78 is 5.16. The zero-order chi connectivity index (χ0) is 19.8. The molecule has 2 aliphatic rings. The van der Waals surface area contributed by atoms with E-state index in [0.29, 0.717) is 6.61 Å². The summed E-state index contributed by atoms with van der Waals surface area (Å²) in [5.41, 5.74) is 1.13. The lowest BCUT2D eigenvalue weighted by molar-refractivity contribution is -0.149. The van der Waals surface area contributed by atoms with Gasteiger partial charge in [0.1, 0.15) is 0 Å². The first kappa shape index (κ1) is 24.2. The van der Waals surface area contributed by atoms with E-state index in [0.717, 1.165) is 75.3 Å². The Hall–Kier alpha value is -1.10. The van der Waals surface area contributed by atoms with Crippen molar-refractivity contribution >= 4 is 52.4 Å². The van der Waals surface area contributed by atoms with Crippen molar-refractivity contribution in [3.8, 4) is 0 Å². The average molecular weight is 535 g/mol. The Balaban J connectivity index is 0.00000300. The molecule has 0 aliphatic carbocycles. The number of hydrogen-bond donors (Lipinski definition) is 1. The Bertz CT molecular complexity index is 655. The molecule has 0 amide bonds. The van der Waals surface area contributed by atoms with Crippen molar-refractivity contribution in [2.75, 3.05) is 50.8 Å². The second kappa shape index (κ2) is 12.6. The van der Waals surface area contributed by atoms with Crippen LogP contribution in [0.1, 0.15) is 45.2 Å². The first-order valence-electron chi connectivity index (χ1n) is 10.6. The van der Waals surface area contributed by atoms with Crippen LogP contribution in [0.3, 0.4) is 0 Å². The largest absolute Gasteiger partial charge is 0.466 e. The summed E-state index contributed by atoms with van der Waals surface area (Å²) in [6, 6.07) is 0. The predicted molar refractivity (Wildman–Crippen MR) is 130 cm³/mol. The fraction of sp³-hybridized carbons (Fsp3) is 0.750. The van der Waals surface area contributed by atoms with Crippen LogP contribution in [-0.2, 0) is 16.0 Å². The fourth-order valence-electron chi connectivity index (χ4n) is 3.75.